The van der Waals surface area contributed by atoms with Crippen LogP contribution in [0.25, 0.3) is 11.2 Å². The van der Waals surface area contributed by atoms with Gasteiger partial charge >= 0.3 is 6.36 Å². The molecule has 3 heterocycles. The number of nitrogens with zero attached hydrogens (tertiary/aromatic N) is 4. The van der Waals surface area contributed by atoms with E-state index < -0.39 is 12.1 Å². The van der Waals surface area contributed by atoms with Gasteiger partial charge in [-0.3, -0.25) is 19.3 Å². The second-order valence-electron chi connectivity index (χ2n) is 9.34. The SMILES string of the molecule is Cc1cccc(F)c1.Cc1cnc2cc(C3CCCCC3)c(=O)n(Cc3ncccc3OC(F)(F)F)c2n1. The Kier molecular flexibility index (Phi) is 8.38. The van der Waals surface area contributed by atoms with E-state index in [9.17, 15) is 22.4 Å². The Balaban J connectivity index is 0.000000360. The van der Waals surface area contributed by atoms with E-state index in [0.717, 1.165) is 37.7 Å². The Bertz CT molecular complexity index is 1450. The van der Waals surface area contributed by atoms with Gasteiger partial charge in [0.15, 0.2) is 11.4 Å². The lowest BCUT2D eigenvalue weighted by Gasteiger charge is -2.23. The van der Waals surface area contributed by atoms with Crippen LogP contribution in [0.2, 0.25) is 0 Å². The number of benzene rings is 1. The highest BCUT2D eigenvalue weighted by Crippen LogP contribution is 2.32. The number of alkyl halides is 3. The van der Waals surface area contributed by atoms with E-state index in [1.54, 1.807) is 25.3 Å². The van der Waals surface area contributed by atoms with Crippen LogP contribution in [0.5, 0.6) is 5.75 Å². The summed E-state index contributed by atoms with van der Waals surface area (Å²) in [5, 5.41) is 0. The molecule has 10 heteroatoms. The molecule has 0 bridgehead atoms. The maximum absolute atomic E-state index is 13.4. The summed E-state index contributed by atoms with van der Waals surface area (Å²) in [6.45, 7) is 3.42. The molecule has 1 aliphatic rings. The molecule has 4 aromatic rings. The Morgan fingerprint density at radius 2 is 1.79 bits per heavy atom. The number of rotatable bonds is 4. The summed E-state index contributed by atoms with van der Waals surface area (Å²) in [4.78, 5) is 26.3. The molecule has 0 spiro atoms. The number of pyridine rings is 2. The number of ether oxygens (including phenoxy) is 1. The molecule has 0 saturated heterocycles. The van der Waals surface area contributed by atoms with Crippen molar-refractivity contribution in [1.29, 1.82) is 0 Å². The van der Waals surface area contributed by atoms with E-state index in [0.29, 0.717) is 22.4 Å². The first-order valence-electron chi connectivity index (χ1n) is 12.4. The van der Waals surface area contributed by atoms with Crippen LogP contribution in [0.15, 0.2) is 59.7 Å². The summed E-state index contributed by atoms with van der Waals surface area (Å²) < 4.78 is 56.1. The minimum atomic E-state index is -4.86. The maximum atomic E-state index is 13.4. The van der Waals surface area contributed by atoms with Gasteiger partial charge < -0.3 is 4.74 Å². The average molecular weight is 529 g/mol. The van der Waals surface area contributed by atoms with Crippen molar-refractivity contribution in [1.82, 2.24) is 19.5 Å². The van der Waals surface area contributed by atoms with Gasteiger partial charge in [-0.2, -0.15) is 0 Å². The molecule has 6 nitrogen and oxygen atoms in total. The zero-order chi connectivity index (χ0) is 27.3. The second-order valence-corrected chi connectivity index (χ2v) is 9.34. The molecule has 0 atom stereocenters. The number of halogens is 4. The van der Waals surface area contributed by atoms with Crippen molar-refractivity contribution < 1.29 is 22.3 Å². The molecule has 0 amide bonds. The lowest BCUT2D eigenvalue weighted by Crippen LogP contribution is -2.29. The molecule has 1 saturated carbocycles. The summed E-state index contributed by atoms with van der Waals surface area (Å²) in [5.41, 5.74) is 2.80. The third-order valence-corrected chi connectivity index (χ3v) is 6.35. The molecule has 1 aromatic carbocycles. The van der Waals surface area contributed by atoms with Crippen molar-refractivity contribution in [3.05, 3.63) is 93.5 Å². The minimum Gasteiger partial charge on any atom is -0.404 e. The molecular formula is C28H28F4N4O2. The van der Waals surface area contributed by atoms with Gasteiger partial charge in [0.25, 0.3) is 5.56 Å². The number of aryl methyl sites for hydroxylation is 2. The first-order valence-corrected chi connectivity index (χ1v) is 12.4. The molecule has 1 fully saturated rings. The van der Waals surface area contributed by atoms with Crippen LogP contribution >= 0.6 is 0 Å². The van der Waals surface area contributed by atoms with Gasteiger partial charge in [-0.05, 0) is 68.5 Å². The zero-order valence-electron chi connectivity index (χ0n) is 21.1. The minimum absolute atomic E-state index is 0.00215. The predicted molar refractivity (Wildman–Crippen MR) is 136 cm³/mol. The number of aromatic nitrogens is 4. The monoisotopic (exact) mass is 528 g/mol. The van der Waals surface area contributed by atoms with Gasteiger partial charge in [0.2, 0.25) is 0 Å². The van der Waals surface area contributed by atoms with E-state index >= 15 is 0 Å². The van der Waals surface area contributed by atoms with Crippen molar-refractivity contribution in [3.8, 4) is 5.75 Å². The Labute approximate surface area is 217 Å². The molecule has 0 unspecified atom stereocenters. The Morgan fingerprint density at radius 1 is 1.03 bits per heavy atom. The third-order valence-electron chi connectivity index (χ3n) is 6.35. The predicted octanol–water partition coefficient (Wildman–Crippen LogP) is 6.62. The summed E-state index contributed by atoms with van der Waals surface area (Å²) >= 11 is 0. The maximum Gasteiger partial charge on any atom is 0.573 e. The van der Waals surface area contributed by atoms with E-state index in [4.69, 9.17) is 0 Å². The van der Waals surface area contributed by atoms with E-state index in [-0.39, 0.29) is 29.5 Å². The van der Waals surface area contributed by atoms with E-state index in [1.165, 1.54) is 35.0 Å². The van der Waals surface area contributed by atoms with Gasteiger partial charge in [-0.1, -0.05) is 31.4 Å². The van der Waals surface area contributed by atoms with Crippen LogP contribution in [0, 0.1) is 19.7 Å². The smallest absolute Gasteiger partial charge is 0.404 e. The molecule has 0 aliphatic heterocycles. The molecular weight excluding hydrogens is 500 g/mol. The van der Waals surface area contributed by atoms with Crippen molar-refractivity contribution >= 4 is 11.2 Å². The van der Waals surface area contributed by atoms with Crippen molar-refractivity contribution in [3.63, 3.8) is 0 Å². The topological polar surface area (TPSA) is 69.9 Å². The molecule has 1 aliphatic carbocycles. The normalized spacial score (nSPS) is 14.2. The summed E-state index contributed by atoms with van der Waals surface area (Å²) in [7, 11) is 0. The van der Waals surface area contributed by atoms with Crippen molar-refractivity contribution in [2.45, 2.75) is 64.8 Å². The van der Waals surface area contributed by atoms with Crippen LogP contribution in [-0.2, 0) is 6.54 Å². The fraction of sp³-hybridized carbons (Fsp3) is 0.357. The highest BCUT2D eigenvalue weighted by atomic mass is 19.4. The quantitative estimate of drug-likeness (QED) is 0.278. The first kappa shape index (κ1) is 27.2. The van der Waals surface area contributed by atoms with E-state index in [1.807, 2.05) is 13.0 Å². The van der Waals surface area contributed by atoms with Crippen LogP contribution < -0.4 is 10.3 Å². The fourth-order valence-electron chi connectivity index (χ4n) is 4.60. The van der Waals surface area contributed by atoms with Gasteiger partial charge in [0.05, 0.1) is 12.2 Å². The standard InChI is InChI=1S/C21H21F3N4O2.C7H7F/c1-13-11-26-16-10-15(14-6-3-2-4-7-14)20(29)28(19(16)27-13)12-17-18(8-5-9-25-17)30-21(22,23)24;1-6-3-2-4-7(8)5-6/h5,8-11,14H,2-4,6-7,12H2,1H3;2-5H,1H3. The van der Waals surface area contributed by atoms with Crippen molar-refractivity contribution in [2.75, 3.05) is 0 Å². The van der Waals surface area contributed by atoms with Gasteiger partial charge in [-0.25, -0.2) is 9.37 Å². The first-order chi connectivity index (χ1) is 18.1. The third kappa shape index (κ3) is 6.93. The molecule has 200 valence electrons. The number of hydrogen-bond acceptors (Lipinski definition) is 5. The van der Waals surface area contributed by atoms with Crippen LogP contribution in [-0.4, -0.2) is 25.9 Å². The fourth-order valence-corrected chi connectivity index (χ4v) is 4.60. The number of fused-ring (bicyclic) bond motifs is 1. The zero-order valence-corrected chi connectivity index (χ0v) is 21.1. The highest BCUT2D eigenvalue weighted by molar-refractivity contribution is 5.71. The highest BCUT2D eigenvalue weighted by Gasteiger charge is 2.32. The van der Waals surface area contributed by atoms with Crippen LogP contribution in [0.3, 0.4) is 0 Å². The molecule has 38 heavy (non-hydrogen) atoms. The van der Waals surface area contributed by atoms with Gasteiger partial charge in [0.1, 0.15) is 17.0 Å². The van der Waals surface area contributed by atoms with Gasteiger partial charge in [-0.15, -0.1) is 13.2 Å². The van der Waals surface area contributed by atoms with Crippen LogP contribution in [0.4, 0.5) is 17.6 Å². The Hall–Kier alpha value is -3.82. The van der Waals surface area contributed by atoms with Gasteiger partial charge in [0, 0.05) is 18.0 Å². The summed E-state index contributed by atoms with van der Waals surface area (Å²) in [6, 6.07) is 10.8. The molecule has 0 radical (unpaired) electrons. The molecule has 0 N–H and O–H groups in total. The molecule has 3 aromatic heterocycles. The lowest BCUT2D eigenvalue weighted by atomic mass is 9.84. The summed E-state index contributed by atoms with van der Waals surface area (Å²) in [6.07, 6.45) is 3.18. The number of hydrogen-bond donors (Lipinski definition) is 0. The average Bonchev–Trinajstić information content (AvgIpc) is 2.87. The largest absolute Gasteiger partial charge is 0.573 e. The van der Waals surface area contributed by atoms with Crippen molar-refractivity contribution in [2.24, 2.45) is 0 Å². The molecule has 5 rings (SSSR count). The summed E-state index contributed by atoms with van der Waals surface area (Å²) in [5.74, 6) is -0.488. The lowest BCUT2D eigenvalue weighted by molar-refractivity contribution is -0.275. The van der Waals surface area contributed by atoms with Crippen LogP contribution in [0.1, 0.15) is 60.5 Å². The Morgan fingerprint density at radius 3 is 2.45 bits per heavy atom. The second kappa shape index (κ2) is 11.7. The van der Waals surface area contributed by atoms with E-state index in [2.05, 4.69) is 19.7 Å².